The van der Waals surface area contributed by atoms with E-state index in [1.54, 1.807) is 20.8 Å². The molecule has 0 heterocycles. The molecule has 0 radical (unpaired) electrons. The summed E-state index contributed by atoms with van der Waals surface area (Å²) in [5, 5.41) is 14.3. The Morgan fingerprint density at radius 1 is 1.25 bits per heavy atom. The van der Waals surface area contributed by atoms with Crippen LogP contribution in [0.15, 0.2) is 0 Å². The van der Waals surface area contributed by atoms with E-state index < -0.39 is 23.5 Å². The van der Waals surface area contributed by atoms with Gasteiger partial charge in [-0.2, -0.15) is 0 Å². The smallest absolute Gasteiger partial charge is 0.326 e. The van der Waals surface area contributed by atoms with Crippen molar-refractivity contribution in [2.75, 3.05) is 20.1 Å². The number of aliphatic carboxylic acids is 1. The molecule has 6 nitrogen and oxygen atoms in total. The molecule has 1 atom stereocenters. The SMILES string of the molecule is CC(C)N(C)CCCNC(=O)N[C@H](C(=O)O)C(C)(C)C. The third-order valence-corrected chi connectivity index (χ3v) is 3.24. The summed E-state index contributed by atoms with van der Waals surface area (Å²) in [6.07, 6.45) is 0.829. The van der Waals surface area contributed by atoms with Crippen LogP contribution in [-0.2, 0) is 4.79 Å². The van der Waals surface area contributed by atoms with Crippen LogP contribution in [0.25, 0.3) is 0 Å². The summed E-state index contributed by atoms with van der Waals surface area (Å²) in [5.41, 5.74) is -0.527. The van der Waals surface area contributed by atoms with Crippen LogP contribution in [0.1, 0.15) is 41.0 Å². The minimum Gasteiger partial charge on any atom is -0.480 e. The molecule has 6 heteroatoms. The molecule has 0 rings (SSSR count). The van der Waals surface area contributed by atoms with Crippen LogP contribution in [0.5, 0.6) is 0 Å². The molecule has 0 saturated heterocycles. The number of urea groups is 1. The molecule has 0 aromatic carbocycles. The lowest BCUT2D eigenvalue weighted by Crippen LogP contribution is -2.52. The van der Waals surface area contributed by atoms with Crippen LogP contribution in [-0.4, -0.2) is 54.2 Å². The summed E-state index contributed by atoms with van der Waals surface area (Å²) in [6, 6.07) is -0.860. The van der Waals surface area contributed by atoms with E-state index in [9.17, 15) is 9.59 Å². The van der Waals surface area contributed by atoms with Crippen molar-refractivity contribution in [2.24, 2.45) is 5.41 Å². The van der Waals surface area contributed by atoms with Gasteiger partial charge < -0.3 is 20.6 Å². The molecular formula is C14H29N3O3. The highest BCUT2D eigenvalue weighted by Crippen LogP contribution is 2.19. The van der Waals surface area contributed by atoms with E-state index in [1.165, 1.54) is 0 Å². The van der Waals surface area contributed by atoms with Gasteiger partial charge in [-0.3, -0.25) is 0 Å². The van der Waals surface area contributed by atoms with E-state index in [1.807, 2.05) is 7.05 Å². The molecular weight excluding hydrogens is 258 g/mol. The summed E-state index contributed by atoms with van der Waals surface area (Å²) in [5.74, 6) is -1.02. The quantitative estimate of drug-likeness (QED) is 0.620. The molecule has 0 aliphatic rings. The highest BCUT2D eigenvalue weighted by Gasteiger charge is 2.32. The second-order valence-electron chi connectivity index (χ2n) is 6.47. The number of amides is 2. The van der Waals surface area contributed by atoms with Gasteiger partial charge in [0.1, 0.15) is 6.04 Å². The summed E-state index contributed by atoms with van der Waals surface area (Å²) in [4.78, 5) is 25.0. The van der Waals surface area contributed by atoms with Crippen molar-refractivity contribution in [1.82, 2.24) is 15.5 Å². The predicted octanol–water partition coefficient (Wildman–Crippen LogP) is 1.52. The Kier molecular flexibility index (Phi) is 7.57. The number of carbonyl (C=O) groups is 2. The van der Waals surface area contributed by atoms with E-state index in [4.69, 9.17) is 5.11 Å². The normalized spacial score (nSPS) is 13.4. The number of nitrogens with one attached hydrogen (secondary N) is 2. The predicted molar refractivity (Wildman–Crippen MR) is 79.8 cm³/mol. The van der Waals surface area contributed by atoms with Crippen molar-refractivity contribution in [3.05, 3.63) is 0 Å². The van der Waals surface area contributed by atoms with Crippen LogP contribution >= 0.6 is 0 Å². The minimum absolute atomic E-state index is 0.431. The van der Waals surface area contributed by atoms with Crippen LogP contribution in [0.2, 0.25) is 0 Å². The zero-order valence-electron chi connectivity index (χ0n) is 13.5. The van der Waals surface area contributed by atoms with E-state index >= 15 is 0 Å². The maximum absolute atomic E-state index is 11.7. The van der Waals surface area contributed by atoms with Gasteiger partial charge in [-0.05, 0) is 39.3 Å². The first-order chi connectivity index (χ1) is 9.05. The maximum atomic E-state index is 11.7. The summed E-state index contributed by atoms with van der Waals surface area (Å²) in [7, 11) is 2.03. The average molecular weight is 287 g/mol. The fourth-order valence-corrected chi connectivity index (χ4v) is 1.62. The molecule has 0 fully saturated rings. The van der Waals surface area contributed by atoms with Gasteiger partial charge in [0.15, 0.2) is 0 Å². The van der Waals surface area contributed by atoms with E-state index in [-0.39, 0.29) is 0 Å². The number of hydrogen-bond acceptors (Lipinski definition) is 3. The Labute approximate surface area is 121 Å². The number of rotatable bonds is 7. The van der Waals surface area contributed by atoms with Gasteiger partial charge in [0, 0.05) is 12.6 Å². The molecule has 0 spiro atoms. The first kappa shape index (κ1) is 18.7. The largest absolute Gasteiger partial charge is 0.480 e. The third kappa shape index (κ3) is 7.33. The average Bonchev–Trinajstić information content (AvgIpc) is 2.29. The van der Waals surface area contributed by atoms with Gasteiger partial charge in [0.2, 0.25) is 0 Å². The molecule has 0 aliphatic heterocycles. The van der Waals surface area contributed by atoms with E-state index in [0.29, 0.717) is 12.6 Å². The molecule has 0 saturated carbocycles. The van der Waals surface area contributed by atoms with Crippen molar-refractivity contribution >= 4 is 12.0 Å². The van der Waals surface area contributed by atoms with Crippen molar-refractivity contribution in [3.8, 4) is 0 Å². The van der Waals surface area contributed by atoms with Crippen LogP contribution < -0.4 is 10.6 Å². The van der Waals surface area contributed by atoms with Crippen LogP contribution in [0.4, 0.5) is 4.79 Å². The third-order valence-electron chi connectivity index (χ3n) is 3.24. The molecule has 0 aromatic heterocycles. The van der Waals surface area contributed by atoms with Gasteiger partial charge >= 0.3 is 12.0 Å². The van der Waals surface area contributed by atoms with Crippen molar-refractivity contribution in [1.29, 1.82) is 0 Å². The van der Waals surface area contributed by atoms with Crippen LogP contribution in [0.3, 0.4) is 0 Å². The number of hydrogen-bond donors (Lipinski definition) is 3. The summed E-state index contributed by atoms with van der Waals surface area (Å²) in [6.45, 7) is 11.0. The second kappa shape index (κ2) is 8.09. The zero-order valence-corrected chi connectivity index (χ0v) is 13.5. The van der Waals surface area contributed by atoms with Gasteiger partial charge in [0.25, 0.3) is 0 Å². The van der Waals surface area contributed by atoms with E-state index in [0.717, 1.165) is 13.0 Å². The Balaban J connectivity index is 4.08. The van der Waals surface area contributed by atoms with Crippen molar-refractivity contribution in [3.63, 3.8) is 0 Å². The summed E-state index contributed by atoms with van der Waals surface area (Å²) >= 11 is 0. The van der Waals surface area contributed by atoms with Crippen molar-refractivity contribution < 1.29 is 14.7 Å². The van der Waals surface area contributed by atoms with Gasteiger partial charge in [-0.25, -0.2) is 9.59 Å². The Hall–Kier alpha value is -1.30. The zero-order chi connectivity index (χ0) is 15.9. The molecule has 0 aliphatic carbocycles. The lowest BCUT2D eigenvalue weighted by molar-refractivity contribution is -0.141. The minimum atomic E-state index is -1.02. The Morgan fingerprint density at radius 2 is 1.80 bits per heavy atom. The fraction of sp³-hybridized carbons (Fsp3) is 0.857. The molecule has 0 bridgehead atoms. The van der Waals surface area contributed by atoms with E-state index in [2.05, 4.69) is 29.4 Å². The first-order valence-electron chi connectivity index (χ1n) is 7.03. The first-order valence-corrected chi connectivity index (χ1v) is 7.03. The molecule has 118 valence electrons. The second-order valence-corrected chi connectivity index (χ2v) is 6.47. The molecule has 3 N–H and O–H groups in total. The highest BCUT2D eigenvalue weighted by atomic mass is 16.4. The molecule has 2 amide bonds. The molecule has 0 aromatic rings. The Bertz CT molecular complexity index is 324. The highest BCUT2D eigenvalue weighted by molar-refractivity contribution is 5.83. The summed E-state index contributed by atoms with van der Waals surface area (Å²) < 4.78 is 0. The van der Waals surface area contributed by atoms with Gasteiger partial charge in [-0.15, -0.1) is 0 Å². The van der Waals surface area contributed by atoms with Gasteiger partial charge in [0.05, 0.1) is 0 Å². The van der Waals surface area contributed by atoms with Gasteiger partial charge in [-0.1, -0.05) is 20.8 Å². The standard InChI is InChI=1S/C14H29N3O3/c1-10(2)17(6)9-7-8-15-13(20)16-11(12(18)19)14(3,4)5/h10-11H,7-9H2,1-6H3,(H,18,19)(H2,15,16,20)/t11-/m1/s1. The number of carbonyl (C=O) groups excluding carboxylic acids is 1. The number of carboxylic acid groups (broad SMARTS) is 1. The molecule has 0 unspecified atom stereocenters. The van der Waals surface area contributed by atoms with Crippen molar-refractivity contribution in [2.45, 2.75) is 53.1 Å². The lowest BCUT2D eigenvalue weighted by Gasteiger charge is -2.27. The topological polar surface area (TPSA) is 81.7 Å². The number of carboxylic acids is 1. The molecule has 20 heavy (non-hydrogen) atoms. The maximum Gasteiger partial charge on any atom is 0.326 e. The monoisotopic (exact) mass is 287 g/mol. The fourth-order valence-electron chi connectivity index (χ4n) is 1.62. The lowest BCUT2D eigenvalue weighted by atomic mass is 9.87. The Morgan fingerprint density at radius 3 is 2.20 bits per heavy atom. The number of nitrogens with zero attached hydrogens (tertiary/aromatic N) is 1. The van der Waals surface area contributed by atoms with Crippen LogP contribution in [0, 0.1) is 5.41 Å².